The molecule has 84 valence electrons. The van der Waals surface area contributed by atoms with Gasteiger partial charge in [0.1, 0.15) is 0 Å². The van der Waals surface area contributed by atoms with Crippen LogP contribution in [0.4, 0.5) is 5.69 Å². The quantitative estimate of drug-likeness (QED) is 0.784. The van der Waals surface area contributed by atoms with Gasteiger partial charge in [-0.15, -0.1) is 0 Å². The van der Waals surface area contributed by atoms with Gasteiger partial charge in [0.25, 0.3) is 0 Å². The zero-order valence-corrected chi connectivity index (χ0v) is 9.95. The molecule has 1 aliphatic heterocycles. The molecule has 1 aromatic rings. The molecule has 1 aromatic carbocycles. The molecule has 0 unspecified atom stereocenters. The van der Waals surface area contributed by atoms with Crippen molar-refractivity contribution in [1.82, 2.24) is 0 Å². The highest BCUT2D eigenvalue weighted by atomic mass is 35.5. The van der Waals surface area contributed by atoms with Gasteiger partial charge in [-0.2, -0.15) is 5.26 Å². The lowest BCUT2D eigenvalue weighted by atomic mass is 9.94. The summed E-state index contributed by atoms with van der Waals surface area (Å²) in [5, 5.41) is 9.48. The maximum Gasteiger partial charge on any atom is 0.0639 e. The van der Waals surface area contributed by atoms with Crippen molar-refractivity contribution in [3.8, 4) is 6.07 Å². The summed E-state index contributed by atoms with van der Waals surface area (Å²) in [6.07, 6.45) is 2.88. The first-order chi connectivity index (χ1) is 7.81. The first-order valence-electron chi connectivity index (χ1n) is 5.67. The highest BCUT2D eigenvalue weighted by Gasteiger charge is 2.20. The lowest BCUT2D eigenvalue weighted by Gasteiger charge is -2.33. The van der Waals surface area contributed by atoms with E-state index in [9.17, 15) is 0 Å². The third-order valence-electron chi connectivity index (χ3n) is 3.19. The van der Waals surface area contributed by atoms with Crippen LogP contribution in [0.25, 0.3) is 0 Å². The fourth-order valence-corrected chi connectivity index (χ4v) is 2.47. The molecule has 0 spiro atoms. The molecular weight excluding hydrogens is 220 g/mol. The molecule has 2 nitrogen and oxygen atoms in total. The number of rotatable bonds is 2. The molecule has 1 fully saturated rings. The Morgan fingerprint density at radius 3 is 2.62 bits per heavy atom. The van der Waals surface area contributed by atoms with E-state index in [1.165, 1.54) is 0 Å². The second-order valence-electron chi connectivity index (χ2n) is 4.24. The van der Waals surface area contributed by atoms with E-state index >= 15 is 0 Å². The number of para-hydroxylation sites is 1. The molecule has 0 atom stereocenters. The Kier molecular flexibility index (Phi) is 3.69. The topological polar surface area (TPSA) is 27.0 Å². The summed E-state index contributed by atoms with van der Waals surface area (Å²) in [5.41, 5.74) is 1.12. The van der Waals surface area contributed by atoms with Crippen molar-refractivity contribution in [2.24, 2.45) is 5.92 Å². The Morgan fingerprint density at radius 1 is 1.31 bits per heavy atom. The van der Waals surface area contributed by atoms with Gasteiger partial charge in [0.15, 0.2) is 0 Å². The zero-order chi connectivity index (χ0) is 11.4. The van der Waals surface area contributed by atoms with Crippen molar-refractivity contribution in [3.05, 3.63) is 29.3 Å². The van der Waals surface area contributed by atoms with Gasteiger partial charge in [0.05, 0.1) is 16.8 Å². The SMILES string of the molecule is N#CCC1CCN(c2ccccc2Cl)CC1. The Labute approximate surface area is 101 Å². The van der Waals surface area contributed by atoms with E-state index in [4.69, 9.17) is 16.9 Å². The molecule has 1 aliphatic rings. The number of hydrogen-bond acceptors (Lipinski definition) is 2. The highest BCUT2D eigenvalue weighted by Crippen LogP contribution is 2.29. The number of hydrogen-bond donors (Lipinski definition) is 0. The molecule has 0 amide bonds. The van der Waals surface area contributed by atoms with Gasteiger partial charge in [-0.1, -0.05) is 23.7 Å². The van der Waals surface area contributed by atoms with Gasteiger partial charge in [-0.05, 0) is 30.9 Å². The predicted molar refractivity (Wildman–Crippen MR) is 66.6 cm³/mol. The van der Waals surface area contributed by atoms with Gasteiger partial charge >= 0.3 is 0 Å². The first kappa shape index (κ1) is 11.3. The van der Waals surface area contributed by atoms with Crippen LogP contribution in [-0.2, 0) is 0 Å². The molecule has 0 bridgehead atoms. The minimum absolute atomic E-state index is 0.573. The van der Waals surface area contributed by atoms with E-state index in [2.05, 4.69) is 17.0 Å². The van der Waals surface area contributed by atoms with Crippen LogP contribution >= 0.6 is 11.6 Å². The minimum Gasteiger partial charge on any atom is -0.370 e. The average molecular weight is 235 g/mol. The van der Waals surface area contributed by atoms with E-state index in [1.54, 1.807) is 0 Å². The van der Waals surface area contributed by atoms with Crippen LogP contribution in [0, 0.1) is 17.2 Å². The van der Waals surface area contributed by atoms with Crippen LogP contribution in [0.2, 0.25) is 5.02 Å². The van der Waals surface area contributed by atoms with Gasteiger partial charge in [-0.25, -0.2) is 0 Å². The lowest BCUT2D eigenvalue weighted by molar-refractivity contribution is 0.413. The van der Waals surface area contributed by atoms with Crippen LogP contribution in [0.5, 0.6) is 0 Å². The molecule has 0 radical (unpaired) electrons. The summed E-state index contributed by atoms with van der Waals surface area (Å²) in [5.74, 6) is 0.573. The zero-order valence-electron chi connectivity index (χ0n) is 9.19. The van der Waals surface area contributed by atoms with Gasteiger partial charge < -0.3 is 4.90 Å². The molecule has 0 N–H and O–H groups in total. The maximum absolute atomic E-state index is 8.66. The van der Waals surface area contributed by atoms with Crippen molar-refractivity contribution in [2.45, 2.75) is 19.3 Å². The minimum atomic E-state index is 0.573. The van der Waals surface area contributed by atoms with Gasteiger partial charge in [0, 0.05) is 19.5 Å². The fraction of sp³-hybridized carbons (Fsp3) is 0.462. The molecule has 0 aromatic heterocycles. The van der Waals surface area contributed by atoms with Crippen molar-refractivity contribution >= 4 is 17.3 Å². The third kappa shape index (κ3) is 2.48. The largest absolute Gasteiger partial charge is 0.370 e. The summed E-state index contributed by atoms with van der Waals surface area (Å²) in [7, 11) is 0. The molecule has 16 heavy (non-hydrogen) atoms. The van der Waals surface area contributed by atoms with E-state index in [0.717, 1.165) is 36.6 Å². The normalized spacial score (nSPS) is 17.1. The smallest absolute Gasteiger partial charge is 0.0639 e. The number of nitriles is 1. The predicted octanol–water partition coefficient (Wildman–Crippen LogP) is 3.47. The van der Waals surface area contributed by atoms with Crippen LogP contribution in [-0.4, -0.2) is 13.1 Å². The Morgan fingerprint density at radius 2 is 2.00 bits per heavy atom. The van der Waals surface area contributed by atoms with E-state index in [1.807, 2.05) is 18.2 Å². The first-order valence-corrected chi connectivity index (χ1v) is 6.05. The molecule has 0 saturated carbocycles. The number of anilines is 1. The number of piperidine rings is 1. The van der Waals surface area contributed by atoms with Gasteiger partial charge in [0.2, 0.25) is 0 Å². The summed E-state index contributed by atoms with van der Waals surface area (Å²) in [6, 6.07) is 10.2. The Hall–Kier alpha value is -1.20. The van der Waals surface area contributed by atoms with Crippen LogP contribution in [0.3, 0.4) is 0 Å². The number of benzene rings is 1. The van der Waals surface area contributed by atoms with E-state index in [0.29, 0.717) is 12.3 Å². The third-order valence-corrected chi connectivity index (χ3v) is 3.51. The molecule has 1 saturated heterocycles. The Balaban J connectivity index is 2.00. The summed E-state index contributed by atoms with van der Waals surface area (Å²) >= 11 is 6.16. The highest BCUT2D eigenvalue weighted by molar-refractivity contribution is 6.33. The molecule has 2 rings (SSSR count). The lowest BCUT2D eigenvalue weighted by Crippen LogP contribution is -2.33. The van der Waals surface area contributed by atoms with Crippen molar-refractivity contribution in [2.75, 3.05) is 18.0 Å². The van der Waals surface area contributed by atoms with Crippen LogP contribution < -0.4 is 4.90 Å². The standard InChI is InChI=1S/C13H15ClN2/c14-12-3-1-2-4-13(12)16-9-6-11(5-8-15)7-10-16/h1-4,11H,5-7,9-10H2. The number of halogens is 1. The van der Waals surface area contributed by atoms with E-state index in [-0.39, 0.29) is 0 Å². The fourth-order valence-electron chi connectivity index (χ4n) is 2.22. The van der Waals surface area contributed by atoms with Crippen LogP contribution in [0.1, 0.15) is 19.3 Å². The molecule has 0 aliphatic carbocycles. The van der Waals surface area contributed by atoms with Crippen LogP contribution in [0.15, 0.2) is 24.3 Å². The van der Waals surface area contributed by atoms with Crippen molar-refractivity contribution < 1.29 is 0 Å². The summed E-state index contributed by atoms with van der Waals surface area (Å²) in [4.78, 5) is 2.32. The summed E-state index contributed by atoms with van der Waals surface area (Å²) < 4.78 is 0. The molecule has 1 heterocycles. The maximum atomic E-state index is 8.66. The monoisotopic (exact) mass is 234 g/mol. The molecule has 3 heteroatoms. The molecular formula is C13H15ClN2. The Bertz CT molecular complexity index is 389. The van der Waals surface area contributed by atoms with Crippen molar-refractivity contribution in [3.63, 3.8) is 0 Å². The second-order valence-corrected chi connectivity index (χ2v) is 4.65. The number of nitrogens with zero attached hydrogens (tertiary/aromatic N) is 2. The van der Waals surface area contributed by atoms with Gasteiger partial charge in [-0.3, -0.25) is 0 Å². The van der Waals surface area contributed by atoms with Crippen molar-refractivity contribution in [1.29, 1.82) is 5.26 Å². The average Bonchev–Trinajstić information content (AvgIpc) is 2.31. The van der Waals surface area contributed by atoms with E-state index < -0.39 is 0 Å². The second kappa shape index (κ2) is 5.23. The summed E-state index contributed by atoms with van der Waals surface area (Å²) in [6.45, 7) is 2.02.